The van der Waals surface area contributed by atoms with Crippen LogP contribution in [0, 0.1) is 5.92 Å². The average Bonchev–Trinajstić information content (AvgIpc) is 2.92. The van der Waals surface area contributed by atoms with Crippen LogP contribution < -0.4 is 5.32 Å². The van der Waals surface area contributed by atoms with Crippen molar-refractivity contribution in [1.82, 2.24) is 10.2 Å². The Bertz CT molecular complexity index is 357. The first-order valence-corrected chi connectivity index (χ1v) is 7.62. The summed E-state index contributed by atoms with van der Waals surface area (Å²) in [6.07, 6.45) is -2.27. The van der Waals surface area contributed by atoms with Crippen molar-refractivity contribution in [2.24, 2.45) is 5.92 Å². The molecule has 1 amide bonds. The van der Waals surface area contributed by atoms with Gasteiger partial charge in [-0.25, -0.2) is 0 Å². The van der Waals surface area contributed by atoms with E-state index < -0.39 is 18.6 Å². The van der Waals surface area contributed by atoms with Crippen molar-refractivity contribution in [1.29, 1.82) is 0 Å². The van der Waals surface area contributed by atoms with Gasteiger partial charge in [0.2, 0.25) is 5.91 Å². The number of carbonyl (C=O) groups excluding carboxylic acids is 1. The van der Waals surface area contributed by atoms with Crippen molar-refractivity contribution < 1.29 is 22.7 Å². The topological polar surface area (TPSA) is 41.6 Å². The van der Waals surface area contributed by atoms with Crippen molar-refractivity contribution >= 4 is 5.91 Å². The zero-order valence-electron chi connectivity index (χ0n) is 12.3. The normalized spacial score (nSPS) is 27.8. The van der Waals surface area contributed by atoms with Crippen molar-refractivity contribution in [3.05, 3.63) is 0 Å². The fourth-order valence-electron chi connectivity index (χ4n) is 3.24. The highest BCUT2D eigenvalue weighted by atomic mass is 19.4. The molecule has 0 aromatic rings. The fourth-order valence-corrected chi connectivity index (χ4v) is 3.24. The third-order valence-corrected chi connectivity index (χ3v) is 4.31. The van der Waals surface area contributed by atoms with Crippen LogP contribution in [0.15, 0.2) is 0 Å². The highest BCUT2D eigenvalue weighted by Gasteiger charge is 2.42. The summed E-state index contributed by atoms with van der Waals surface area (Å²) in [6, 6.07) is -0.321. The first-order chi connectivity index (χ1) is 9.92. The largest absolute Gasteiger partial charge is 0.406 e. The van der Waals surface area contributed by atoms with Crippen molar-refractivity contribution in [2.75, 3.05) is 26.2 Å². The second-order valence-corrected chi connectivity index (χ2v) is 5.78. The SMILES string of the molecule is CCC1OCCC1C(=O)N(CC(F)(F)F)C1CCNCC1. The van der Waals surface area contributed by atoms with Crippen LogP contribution in [0.2, 0.25) is 0 Å². The molecule has 1 N–H and O–H groups in total. The molecule has 0 aliphatic carbocycles. The molecule has 4 nitrogen and oxygen atoms in total. The molecule has 2 rings (SSSR count). The lowest BCUT2D eigenvalue weighted by Crippen LogP contribution is -2.52. The first kappa shape index (κ1) is 16.5. The van der Waals surface area contributed by atoms with Gasteiger partial charge in [-0.05, 0) is 38.8 Å². The predicted molar refractivity (Wildman–Crippen MR) is 71.8 cm³/mol. The van der Waals surface area contributed by atoms with Crippen LogP contribution in [0.1, 0.15) is 32.6 Å². The van der Waals surface area contributed by atoms with Crippen LogP contribution in [0.25, 0.3) is 0 Å². The number of halogens is 3. The van der Waals surface area contributed by atoms with Crippen molar-refractivity contribution in [2.45, 2.75) is 50.9 Å². The van der Waals surface area contributed by atoms with E-state index in [-0.39, 0.29) is 18.1 Å². The molecule has 0 aromatic heterocycles. The van der Waals surface area contributed by atoms with E-state index in [1.165, 1.54) is 0 Å². The van der Waals surface area contributed by atoms with E-state index in [0.717, 1.165) is 4.90 Å². The van der Waals surface area contributed by atoms with Crippen molar-refractivity contribution in [3.63, 3.8) is 0 Å². The molecule has 2 heterocycles. The average molecular weight is 308 g/mol. The van der Waals surface area contributed by atoms with Gasteiger partial charge in [-0.3, -0.25) is 4.79 Å². The molecule has 7 heteroatoms. The summed E-state index contributed by atoms with van der Waals surface area (Å²) in [5, 5.41) is 3.12. The Morgan fingerprint density at radius 3 is 2.52 bits per heavy atom. The van der Waals surface area contributed by atoms with Crippen LogP contribution in [0.5, 0.6) is 0 Å². The fraction of sp³-hybridized carbons (Fsp3) is 0.929. The molecule has 0 bridgehead atoms. The molecule has 2 unspecified atom stereocenters. The molecule has 0 radical (unpaired) electrons. The van der Waals surface area contributed by atoms with Gasteiger partial charge in [-0.2, -0.15) is 13.2 Å². The molecular weight excluding hydrogens is 285 g/mol. The third-order valence-electron chi connectivity index (χ3n) is 4.31. The summed E-state index contributed by atoms with van der Waals surface area (Å²) in [7, 11) is 0. The summed E-state index contributed by atoms with van der Waals surface area (Å²) in [4.78, 5) is 13.7. The van der Waals surface area contributed by atoms with Gasteiger partial charge in [0, 0.05) is 12.6 Å². The maximum atomic E-state index is 12.8. The van der Waals surface area contributed by atoms with E-state index >= 15 is 0 Å². The molecule has 21 heavy (non-hydrogen) atoms. The number of hydrogen-bond donors (Lipinski definition) is 1. The predicted octanol–water partition coefficient (Wildman–Crippen LogP) is 1.94. The standard InChI is InChI=1S/C14H23F3N2O2/c1-2-12-11(5-8-21-12)13(20)19(9-14(15,16)17)10-3-6-18-7-4-10/h10-12,18H,2-9H2,1H3. The smallest absolute Gasteiger partial charge is 0.377 e. The lowest BCUT2D eigenvalue weighted by molar-refractivity contribution is -0.170. The molecule has 0 spiro atoms. The second kappa shape index (κ2) is 6.96. The highest BCUT2D eigenvalue weighted by Crippen LogP contribution is 2.29. The molecule has 2 fully saturated rings. The monoisotopic (exact) mass is 308 g/mol. The van der Waals surface area contributed by atoms with Gasteiger partial charge in [-0.1, -0.05) is 6.92 Å². The van der Waals surface area contributed by atoms with E-state index in [1.807, 2.05) is 6.92 Å². The number of nitrogens with one attached hydrogen (secondary N) is 1. The Kier molecular flexibility index (Phi) is 5.48. The number of piperidine rings is 1. The Balaban J connectivity index is 2.11. The number of amides is 1. The minimum Gasteiger partial charge on any atom is -0.377 e. The van der Waals surface area contributed by atoms with Gasteiger partial charge in [0.1, 0.15) is 6.54 Å². The molecule has 2 atom stereocenters. The molecule has 0 aromatic carbocycles. The molecule has 2 aliphatic heterocycles. The van der Waals surface area contributed by atoms with Gasteiger partial charge in [0.05, 0.1) is 12.0 Å². The summed E-state index contributed by atoms with van der Waals surface area (Å²) < 4.78 is 44.0. The second-order valence-electron chi connectivity index (χ2n) is 5.78. The number of alkyl halides is 3. The molecule has 0 saturated carbocycles. The van der Waals surface area contributed by atoms with Gasteiger partial charge in [0.25, 0.3) is 0 Å². The van der Waals surface area contributed by atoms with E-state index in [4.69, 9.17) is 4.74 Å². The Labute approximate surface area is 123 Å². The number of nitrogens with zero attached hydrogens (tertiary/aromatic N) is 1. The number of ether oxygens (including phenoxy) is 1. The molecule has 2 aliphatic rings. The van der Waals surface area contributed by atoms with Gasteiger partial charge < -0.3 is 15.0 Å². The number of carbonyl (C=O) groups is 1. The third kappa shape index (κ3) is 4.32. The summed E-state index contributed by atoms with van der Waals surface area (Å²) in [5.41, 5.74) is 0. The van der Waals surface area contributed by atoms with E-state index in [0.29, 0.717) is 45.4 Å². The minimum absolute atomic E-state index is 0.241. The first-order valence-electron chi connectivity index (χ1n) is 7.62. The van der Waals surface area contributed by atoms with Crippen molar-refractivity contribution in [3.8, 4) is 0 Å². The van der Waals surface area contributed by atoms with E-state index in [1.54, 1.807) is 0 Å². The molecule has 122 valence electrons. The van der Waals surface area contributed by atoms with Gasteiger partial charge in [0.15, 0.2) is 0 Å². The zero-order chi connectivity index (χ0) is 15.5. The number of rotatable bonds is 4. The summed E-state index contributed by atoms with van der Waals surface area (Å²) in [6.45, 7) is 2.52. The maximum absolute atomic E-state index is 12.8. The molecular formula is C14H23F3N2O2. The Hall–Kier alpha value is -0.820. The zero-order valence-corrected chi connectivity index (χ0v) is 12.3. The van der Waals surface area contributed by atoms with E-state index in [9.17, 15) is 18.0 Å². The van der Waals surface area contributed by atoms with Gasteiger partial charge in [-0.15, -0.1) is 0 Å². The minimum atomic E-state index is -4.36. The van der Waals surface area contributed by atoms with E-state index in [2.05, 4.69) is 5.32 Å². The summed E-state index contributed by atoms with van der Waals surface area (Å²) in [5.74, 6) is -0.809. The lowest BCUT2D eigenvalue weighted by atomic mass is 9.95. The van der Waals surface area contributed by atoms with Crippen LogP contribution in [-0.2, 0) is 9.53 Å². The Morgan fingerprint density at radius 1 is 1.29 bits per heavy atom. The quantitative estimate of drug-likeness (QED) is 0.863. The lowest BCUT2D eigenvalue weighted by Gasteiger charge is -2.37. The van der Waals surface area contributed by atoms with Gasteiger partial charge >= 0.3 is 6.18 Å². The summed E-state index contributed by atoms with van der Waals surface area (Å²) >= 11 is 0. The maximum Gasteiger partial charge on any atom is 0.406 e. The van der Waals surface area contributed by atoms with Crippen LogP contribution in [0.3, 0.4) is 0 Å². The number of hydrogen-bond acceptors (Lipinski definition) is 3. The van der Waals surface area contributed by atoms with Crippen LogP contribution in [0.4, 0.5) is 13.2 Å². The van der Waals surface area contributed by atoms with Crippen LogP contribution >= 0.6 is 0 Å². The Morgan fingerprint density at radius 2 is 1.95 bits per heavy atom. The highest BCUT2D eigenvalue weighted by molar-refractivity contribution is 5.80. The van der Waals surface area contributed by atoms with Crippen LogP contribution in [-0.4, -0.2) is 55.4 Å². The molecule has 2 saturated heterocycles.